The van der Waals surface area contributed by atoms with Gasteiger partial charge in [0.2, 0.25) is 17.7 Å². The Hall–Kier alpha value is -2.83. The fraction of sp³-hybridized carbons (Fsp3) is 0.542. The fourth-order valence-electron chi connectivity index (χ4n) is 4.37. The molecule has 0 unspecified atom stereocenters. The highest BCUT2D eigenvalue weighted by Crippen LogP contribution is 2.29. The highest BCUT2D eigenvalue weighted by molar-refractivity contribution is 5.84. The van der Waals surface area contributed by atoms with E-state index in [9.17, 15) is 14.4 Å². The molecule has 2 heterocycles. The number of hydrogen-bond acceptors (Lipinski definition) is 4. The molecule has 7 nitrogen and oxygen atoms in total. The first-order valence-electron chi connectivity index (χ1n) is 11.2. The van der Waals surface area contributed by atoms with E-state index in [4.69, 9.17) is 4.74 Å². The zero-order valence-corrected chi connectivity index (χ0v) is 18.1. The number of carbonyl (C=O) groups excluding carboxylic acids is 3. The van der Waals surface area contributed by atoms with Crippen LogP contribution in [0.1, 0.15) is 38.2 Å². The Balaban J connectivity index is 1.53. The van der Waals surface area contributed by atoms with Crippen LogP contribution in [0.25, 0.3) is 0 Å². The minimum Gasteiger partial charge on any atom is -0.489 e. The Morgan fingerprint density at radius 2 is 1.97 bits per heavy atom. The predicted molar refractivity (Wildman–Crippen MR) is 116 cm³/mol. The van der Waals surface area contributed by atoms with Gasteiger partial charge in [-0.1, -0.05) is 30.4 Å². The van der Waals surface area contributed by atoms with Gasteiger partial charge in [-0.3, -0.25) is 14.4 Å². The fourth-order valence-corrected chi connectivity index (χ4v) is 4.37. The zero-order valence-electron chi connectivity index (χ0n) is 18.1. The van der Waals surface area contributed by atoms with Crippen LogP contribution in [-0.4, -0.2) is 59.8 Å². The maximum atomic E-state index is 13.0. The van der Waals surface area contributed by atoms with Gasteiger partial charge in [0, 0.05) is 44.6 Å². The highest BCUT2D eigenvalue weighted by Gasteiger charge is 2.33. The lowest BCUT2D eigenvalue weighted by atomic mass is 9.82. The summed E-state index contributed by atoms with van der Waals surface area (Å²) in [5.41, 5.74) is 0.880. The van der Waals surface area contributed by atoms with E-state index < -0.39 is 0 Å². The molecule has 2 bridgehead atoms. The Kier molecular flexibility index (Phi) is 6.59. The van der Waals surface area contributed by atoms with Crippen LogP contribution in [0.5, 0.6) is 5.75 Å². The second-order valence-corrected chi connectivity index (χ2v) is 8.82. The molecule has 0 spiro atoms. The number of nitrogens with zero attached hydrogens (tertiary/aromatic N) is 2. The lowest BCUT2D eigenvalue weighted by Crippen LogP contribution is -2.48. The first kappa shape index (κ1) is 21.4. The summed E-state index contributed by atoms with van der Waals surface area (Å²) < 4.78 is 5.97. The third kappa shape index (κ3) is 5.66. The lowest BCUT2D eigenvalue weighted by Gasteiger charge is -2.38. The summed E-state index contributed by atoms with van der Waals surface area (Å²) in [4.78, 5) is 41.1. The van der Waals surface area contributed by atoms with E-state index in [0.29, 0.717) is 44.5 Å². The number of rotatable bonds is 3. The zero-order chi connectivity index (χ0) is 21.8. The molecule has 7 heteroatoms. The molecule has 1 aromatic rings. The van der Waals surface area contributed by atoms with Gasteiger partial charge < -0.3 is 19.9 Å². The quantitative estimate of drug-likeness (QED) is 0.753. The van der Waals surface area contributed by atoms with Crippen molar-refractivity contribution in [2.75, 3.05) is 26.2 Å². The number of benzene rings is 1. The van der Waals surface area contributed by atoms with Crippen LogP contribution in [0.2, 0.25) is 0 Å². The minimum absolute atomic E-state index is 0.0485. The normalized spacial score (nSPS) is 25.3. The van der Waals surface area contributed by atoms with Crippen LogP contribution < -0.4 is 10.1 Å². The van der Waals surface area contributed by atoms with Crippen molar-refractivity contribution in [3.8, 4) is 5.75 Å². The SMILES string of the molecule is CC(=O)N1CC(=O)N2CC[C@@H](CC(=O)NC3CC3)[C@@H](/C=C\COc3ccccc3C1)C2. The molecular weight excluding hydrogens is 394 g/mol. The molecule has 1 aromatic carbocycles. The first-order valence-corrected chi connectivity index (χ1v) is 11.2. The summed E-state index contributed by atoms with van der Waals surface area (Å²) in [6.45, 7) is 3.46. The van der Waals surface area contributed by atoms with Crippen molar-refractivity contribution in [3.05, 3.63) is 42.0 Å². The summed E-state index contributed by atoms with van der Waals surface area (Å²) in [5.74, 6) is 0.921. The van der Waals surface area contributed by atoms with Gasteiger partial charge in [0.05, 0.1) is 0 Å². The number of ether oxygens (including phenoxy) is 1. The van der Waals surface area contributed by atoms with Gasteiger partial charge in [-0.15, -0.1) is 0 Å². The molecule has 1 N–H and O–H groups in total. The number of amides is 3. The van der Waals surface area contributed by atoms with Crippen LogP contribution in [0.4, 0.5) is 0 Å². The van der Waals surface area contributed by atoms with Gasteiger partial charge in [0.1, 0.15) is 18.9 Å². The molecule has 166 valence electrons. The number of fused-ring (bicyclic) bond motifs is 3. The molecule has 4 rings (SSSR count). The monoisotopic (exact) mass is 425 g/mol. The summed E-state index contributed by atoms with van der Waals surface area (Å²) in [7, 11) is 0. The van der Waals surface area contributed by atoms with Gasteiger partial charge >= 0.3 is 0 Å². The lowest BCUT2D eigenvalue weighted by molar-refractivity contribution is -0.141. The van der Waals surface area contributed by atoms with Crippen LogP contribution >= 0.6 is 0 Å². The van der Waals surface area contributed by atoms with E-state index in [0.717, 1.165) is 24.8 Å². The van der Waals surface area contributed by atoms with E-state index >= 15 is 0 Å². The van der Waals surface area contributed by atoms with Crippen molar-refractivity contribution in [2.45, 2.75) is 45.2 Å². The standard InChI is InChI=1S/C24H31N3O4/c1-17(28)27-15-20-5-2-3-7-22(20)31-12-4-6-19-14-26(24(30)16-27)11-10-18(19)13-23(29)25-21-8-9-21/h2-7,18-19,21H,8-16H2,1H3,(H,25,29)/b6-4-/t18-,19-/m0/s1. The van der Waals surface area contributed by atoms with E-state index in [-0.39, 0.29) is 36.1 Å². The van der Waals surface area contributed by atoms with Crippen molar-refractivity contribution in [1.29, 1.82) is 0 Å². The number of carbonyl (C=O) groups is 3. The molecule has 2 fully saturated rings. The van der Waals surface area contributed by atoms with Crippen molar-refractivity contribution in [3.63, 3.8) is 0 Å². The molecule has 31 heavy (non-hydrogen) atoms. The third-order valence-corrected chi connectivity index (χ3v) is 6.37. The van der Waals surface area contributed by atoms with Crippen molar-refractivity contribution in [1.82, 2.24) is 15.1 Å². The molecule has 1 aliphatic carbocycles. The van der Waals surface area contributed by atoms with Crippen LogP contribution in [0, 0.1) is 11.8 Å². The van der Waals surface area contributed by atoms with Gasteiger partial charge in [0.25, 0.3) is 0 Å². The summed E-state index contributed by atoms with van der Waals surface area (Å²) in [5, 5.41) is 3.08. The Labute approximate surface area is 183 Å². The van der Waals surface area contributed by atoms with Crippen LogP contribution in [0.3, 0.4) is 0 Å². The topological polar surface area (TPSA) is 79.0 Å². The second-order valence-electron chi connectivity index (χ2n) is 8.82. The summed E-state index contributed by atoms with van der Waals surface area (Å²) >= 11 is 0. The van der Waals surface area contributed by atoms with Gasteiger partial charge in [-0.05, 0) is 37.2 Å². The molecule has 2 aliphatic heterocycles. The molecular formula is C24H31N3O4. The Morgan fingerprint density at radius 1 is 1.16 bits per heavy atom. The minimum atomic E-state index is -0.140. The van der Waals surface area contributed by atoms with Crippen molar-refractivity contribution >= 4 is 17.7 Å². The van der Waals surface area contributed by atoms with Crippen molar-refractivity contribution in [2.24, 2.45) is 11.8 Å². The maximum Gasteiger partial charge on any atom is 0.242 e. The number of nitrogens with one attached hydrogen (secondary N) is 1. The number of piperidine rings is 1. The molecule has 0 aromatic heterocycles. The van der Waals surface area contributed by atoms with E-state index in [1.54, 1.807) is 4.90 Å². The average molecular weight is 426 g/mol. The molecule has 1 saturated heterocycles. The second kappa shape index (κ2) is 9.54. The highest BCUT2D eigenvalue weighted by atomic mass is 16.5. The van der Waals surface area contributed by atoms with Gasteiger partial charge in [-0.2, -0.15) is 0 Å². The van der Waals surface area contributed by atoms with Gasteiger partial charge in [0.15, 0.2) is 0 Å². The van der Waals surface area contributed by atoms with Crippen molar-refractivity contribution < 1.29 is 19.1 Å². The maximum absolute atomic E-state index is 13.0. The van der Waals surface area contributed by atoms with Crippen LogP contribution in [-0.2, 0) is 20.9 Å². The third-order valence-electron chi connectivity index (χ3n) is 6.37. The number of hydrogen-bond donors (Lipinski definition) is 1. The largest absolute Gasteiger partial charge is 0.489 e. The average Bonchev–Trinajstić information content (AvgIpc) is 3.55. The van der Waals surface area contributed by atoms with E-state index in [2.05, 4.69) is 11.4 Å². The molecule has 3 aliphatic rings. The van der Waals surface area contributed by atoms with E-state index in [1.165, 1.54) is 6.92 Å². The predicted octanol–water partition coefficient (Wildman–Crippen LogP) is 2.12. The molecule has 1 saturated carbocycles. The summed E-state index contributed by atoms with van der Waals surface area (Å²) in [6, 6.07) is 7.97. The first-order chi connectivity index (χ1) is 15.0. The summed E-state index contributed by atoms with van der Waals surface area (Å²) in [6.07, 6.45) is 7.50. The Morgan fingerprint density at radius 3 is 2.74 bits per heavy atom. The Bertz CT molecular complexity index is 864. The molecule has 0 radical (unpaired) electrons. The molecule has 3 amide bonds. The van der Waals surface area contributed by atoms with Gasteiger partial charge in [-0.25, -0.2) is 0 Å². The molecule has 2 atom stereocenters. The van der Waals surface area contributed by atoms with E-state index in [1.807, 2.05) is 35.2 Å². The smallest absolute Gasteiger partial charge is 0.242 e. The number of para-hydroxylation sites is 1. The van der Waals surface area contributed by atoms with Crippen LogP contribution in [0.15, 0.2) is 36.4 Å².